The molecule has 1 N–H and O–H groups in total. The molecule has 0 saturated carbocycles. The SMILES string of the molecule is Brc1csc(C[NH+]2CCc3ccccc3C2)c1. The van der Waals surface area contributed by atoms with Crippen LogP contribution in [0.1, 0.15) is 16.0 Å². The summed E-state index contributed by atoms with van der Waals surface area (Å²) in [6.45, 7) is 3.59. The lowest BCUT2D eigenvalue weighted by molar-refractivity contribution is -0.929. The van der Waals surface area contributed by atoms with Crippen molar-refractivity contribution in [3.8, 4) is 0 Å². The van der Waals surface area contributed by atoms with E-state index in [0.29, 0.717) is 0 Å². The molecular weight excluding hydrogens is 294 g/mol. The highest BCUT2D eigenvalue weighted by atomic mass is 79.9. The molecule has 0 amide bonds. The summed E-state index contributed by atoms with van der Waals surface area (Å²) in [5, 5.41) is 2.17. The molecule has 2 aromatic rings. The van der Waals surface area contributed by atoms with Crippen molar-refractivity contribution >= 4 is 27.3 Å². The van der Waals surface area contributed by atoms with E-state index in [1.54, 1.807) is 10.5 Å². The average molecular weight is 309 g/mol. The molecule has 1 unspecified atom stereocenters. The van der Waals surface area contributed by atoms with Crippen LogP contribution in [0, 0.1) is 0 Å². The van der Waals surface area contributed by atoms with Gasteiger partial charge < -0.3 is 4.90 Å². The van der Waals surface area contributed by atoms with Gasteiger partial charge in [-0.2, -0.15) is 0 Å². The Hall–Kier alpha value is -0.640. The number of hydrogen-bond donors (Lipinski definition) is 1. The maximum atomic E-state index is 3.52. The molecule has 88 valence electrons. The fourth-order valence-electron chi connectivity index (χ4n) is 2.49. The first-order valence-electron chi connectivity index (χ1n) is 5.94. The quantitative estimate of drug-likeness (QED) is 0.870. The van der Waals surface area contributed by atoms with E-state index in [1.807, 2.05) is 11.3 Å². The van der Waals surface area contributed by atoms with Crippen molar-refractivity contribution < 1.29 is 4.90 Å². The highest BCUT2D eigenvalue weighted by Crippen LogP contribution is 2.19. The second-order valence-electron chi connectivity index (χ2n) is 4.60. The second-order valence-corrected chi connectivity index (χ2v) is 6.51. The van der Waals surface area contributed by atoms with E-state index in [4.69, 9.17) is 0 Å². The molecule has 0 fully saturated rings. The molecule has 2 heterocycles. The van der Waals surface area contributed by atoms with E-state index < -0.39 is 0 Å². The van der Waals surface area contributed by atoms with E-state index >= 15 is 0 Å². The lowest BCUT2D eigenvalue weighted by atomic mass is 10.00. The Morgan fingerprint density at radius 1 is 1.24 bits per heavy atom. The summed E-state index contributed by atoms with van der Waals surface area (Å²) >= 11 is 5.38. The Balaban J connectivity index is 1.72. The van der Waals surface area contributed by atoms with Gasteiger partial charge in [-0.3, -0.25) is 0 Å². The van der Waals surface area contributed by atoms with Gasteiger partial charge in [-0.25, -0.2) is 0 Å². The fraction of sp³-hybridized carbons (Fsp3) is 0.286. The molecule has 0 spiro atoms. The van der Waals surface area contributed by atoms with Crippen LogP contribution in [0.15, 0.2) is 40.2 Å². The van der Waals surface area contributed by atoms with Crippen molar-refractivity contribution in [3.05, 3.63) is 56.2 Å². The van der Waals surface area contributed by atoms with E-state index in [1.165, 1.54) is 34.4 Å². The molecule has 1 aliphatic heterocycles. The average Bonchev–Trinajstić information content (AvgIpc) is 2.75. The molecule has 1 atom stereocenters. The van der Waals surface area contributed by atoms with Crippen LogP contribution in [0.5, 0.6) is 0 Å². The lowest BCUT2D eigenvalue weighted by Crippen LogP contribution is -3.10. The third-order valence-corrected chi connectivity index (χ3v) is 5.05. The van der Waals surface area contributed by atoms with Crippen molar-refractivity contribution in [2.24, 2.45) is 0 Å². The number of fused-ring (bicyclic) bond motifs is 1. The lowest BCUT2D eigenvalue weighted by Gasteiger charge is -2.25. The van der Waals surface area contributed by atoms with Crippen LogP contribution in [-0.2, 0) is 19.5 Å². The molecule has 17 heavy (non-hydrogen) atoms. The normalized spacial score (nSPS) is 19.0. The number of benzene rings is 1. The van der Waals surface area contributed by atoms with Gasteiger partial charge in [0.1, 0.15) is 13.1 Å². The minimum atomic E-state index is 1.16. The summed E-state index contributed by atoms with van der Waals surface area (Å²) in [7, 11) is 0. The summed E-state index contributed by atoms with van der Waals surface area (Å²) in [6, 6.07) is 11.1. The fourth-order valence-corrected chi connectivity index (χ4v) is 4.01. The smallest absolute Gasteiger partial charge is 0.112 e. The maximum Gasteiger partial charge on any atom is 0.112 e. The maximum absolute atomic E-state index is 3.52. The highest BCUT2D eigenvalue weighted by molar-refractivity contribution is 9.10. The van der Waals surface area contributed by atoms with Gasteiger partial charge in [-0.15, -0.1) is 11.3 Å². The van der Waals surface area contributed by atoms with Gasteiger partial charge in [0, 0.05) is 21.8 Å². The zero-order chi connectivity index (χ0) is 11.7. The van der Waals surface area contributed by atoms with Gasteiger partial charge in [0.25, 0.3) is 0 Å². The third-order valence-electron chi connectivity index (χ3n) is 3.35. The van der Waals surface area contributed by atoms with Crippen molar-refractivity contribution in [1.29, 1.82) is 0 Å². The summed E-state index contributed by atoms with van der Waals surface area (Å²) < 4.78 is 1.22. The molecule has 1 aromatic carbocycles. The molecule has 1 aliphatic rings. The Morgan fingerprint density at radius 2 is 2.06 bits per heavy atom. The van der Waals surface area contributed by atoms with Crippen molar-refractivity contribution in [1.82, 2.24) is 0 Å². The van der Waals surface area contributed by atoms with Gasteiger partial charge in [0.2, 0.25) is 0 Å². The highest BCUT2D eigenvalue weighted by Gasteiger charge is 2.19. The van der Waals surface area contributed by atoms with Crippen molar-refractivity contribution in [2.75, 3.05) is 6.54 Å². The number of quaternary nitrogens is 1. The van der Waals surface area contributed by atoms with Crippen LogP contribution in [0.3, 0.4) is 0 Å². The predicted molar refractivity (Wildman–Crippen MR) is 75.4 cm³/mol. The first kappa shape index (κ1) is 11.5. The number of thiophene rings is 1. The van der Waals surface area contributed by atoms with Crippen LogP contribution >= 0.6 is 27.3 Å². The van der Waals surface area contributed by atoms with Gasteiger partial charge in [-0.05, 0) is 27.6 Å². The monoisotopic (exact) mass is 308 g/mol. The Morgan fingerprint density at radius 3 is 2.82 bits per heavy atom. The van der Waals surface area contributed by atoms with E-state index in [-0.39, 0.29) is 0 Å². The standard InChI is InChI=1S/C14H14BrNS/c15-13-7-14(17-10-13)9-16-6-5-11-3-1-2-4-12(11)8-16/h1-4,7,10H,5-6,8-9H2/p+1. The molecule has 1 aromatic heterocycles. The summed E-state index contributed by atoms with van der Waals surface area (Å²) in [5.74, 6) is 0. The molecule has 0 saturated heterocycles. The predicted octanol–water partition coefficient (Wildman–Crippen LogP) is 2.65. The summed E-state index contributed by atoms with van der Waals surface area (Å²) in [5.41, 5.74) is 3.08. The zero-order valence-corrected chi connectivity index (χ0v) is 12.0. The second kappa shape index (κ2) is 4.92. The number of rotatable bonds is 2. The van der Waals surface area contributed by atoms with Gasteiger partial charge in [0.15, 0.2) is 0 Å². The zero-order valence-electron chi connectivity index (χ0n) is 9.58. The largest absolute Gasteiger partial charge is 0.326 e. The van der Waals surface area contributed by atoms with Crippen LogP contribution in [0.25, 0.3) is 0 Å². The van der Waals surface area contributed by atoms with E-state index in [2.05, 4.69) is 51.6 Å². The Kier molecular flexibility index (Phi) is 3.32. The molecule has 3 heteroatoms. The summed E-state index contributed by atoms with van der Waals surface area (Å²) in [4.78, 5) is 3.16. The molecule has 0 radical (unpaired) electrons. The van der Waals surface area contributed by atoms with Crippen molar-refractivity contribution in [2.45, 2.75) is 19.5 Å². The topological polar surface area (TPSA) is 4.44 Å². The molecule has 0 bridgehead atoms. The van der Waals surface area contributed by atoms with Crippen LogP contribution in [0.2, 0.25) is 0 Å². The van der Waals surface area contributed by atoms with Gasteiger partial charge >= 0.3 is 0 Å². The number of halogens is 1. The van der Waals surface area contributed by atoms with Gasteiger partial charge in [0.05, 0.1) is 11.4 Å². The molecule has 1 nitrogen and oxygen atoms in total. The Bertz CT molecular complexity index is 520. The first-order valence-corrected chi connectivity index (χ1v) is 7.62. The van der Waals surface area contributed by atoms with Crippen LogP contribution < -0.4 is 4.90 Å². The minimum Gasteiger partial charge on any atom is -0.326 e. The minimum absolute atomic E-state index is 1.16. The molecular formula is C14H15BrNS+. The molecule has 3 rings (SSSR count). The Labute approximate surface area is 114 Å². The number of hydrogen-bond acceptors (Lipinski definition) is 1. The van der Waals surface area contributed by atoms with Crippen LogP contribution in [-0.4, -0.2) is 6.54 Å². The van der Waals surface area contributed by atoms with Crippen molar-refractivity contribution in [3.63, 3.8) is 0 Å². The van der Waals surface area contributed by atoms with E-state index in [0.717, 1.165) is 6.54 Å². The number of nitrogens with one attached hydrogen (secondary N) is 1. The molecule has 0 aliphatic carbocycles. The van der Waals surface area contributed by atoms with Gasteiger partial charge in [-0.1, -0.05) is 24.3 Å². The van der Waals surface area contributed by atoms with E-state index in [9.17, 15) is 0 Å². The third kappa shape index (κ3) is 2.62. The van der Waals surface area contributed by atoms with Crippen LogP contribution in [0.4, 0.5) is 0 Å². The summed E-state index contributed by atoms with van der Waals surface area (Å²) in [6.07, 6.45) is 1.22. The first-order chi connectivity index (χ1) is 8.31.